The maximum absolute atomic E-state index is 12.9. The van der Waals surface area contributed by atoms with Crippen LogP contribution >= 0.6 is 0 Å². The lowest BCUT2D eigenvalue weighted by molar-refractivity contribution is -0.0293. The number of piperazine rings is 1. The van der Waals surface area contributed by atoms with Gasteiger partial charge in [-0.15, -0.1) is 0 Å². The van der Waals surface area contributed by atoms with Crippen LogP contribution in [-0.4, -0.2) is 57.7 Å². The molecule has 3 amide bonds. The standard InChI is InChI=1S/C21H28N4O3/c1-21(2,3)28-20(27)25-14-6-4-7-15(25)13-24(12-14)19(26)23-18-9-5-8-17-16(18)10-11-22-17/h5,8-11,14-15,22H,4,6-7,12-13H2,1-3H3,(H,23,26)/t14-,15-/m0/s1. The van der Waals surface area contributed by atoms with Crippen LogP contribution in [0.1, 0.15) is 40.0 Å². The molecule has 3 heterocycles. The zero-order valence-corrected chi connectivity index (χ0v) is 16.7. The molecule has 0 saturated carbocycles. The molecule has 2 saturated heterocycles. The van der Waals surface area contributed by atoms with Crippen LogP contribution in [0.5, 0.6) is 0 Å². The number of carbonyl (C=O) groups excluding carboxylic acids is 2. The molecule has 0 aliphatic carbocycles. The van der Waals surface area contributed by atoms with Crippen molar-refractivity contribution in [2.75, 3.05) is 18.4 Å². The highest BCUT2D eigenvalue weighted by atomic mass is 16.6. The normalized spacial score (nSPS) is 22.2. The number of aromatic amines is 1. The summed E-state index contributed by atoms with van der Waals surface area (Å²) in [7, 11) is 0. The fraction of sp³-hybridized carbons (Fsp3) is 0.524. The summed E-state index contributed by atoms with van der Waals surface area (Å²) in [5.74, 6) is 0. The van der Waals surface area contributed by atoms with E-state index in [1.54, 1.807) is 0 Å². The first-order valence-corrected chi connectivity index (χ1v) is 9.95. The Morgan fingerprint density at radius 2 is 1.86 bits per heavy atom. The largest absolute Gasteiger partial charge is 0.444 e. The Morgan fingerprint density at radius 3 is 2.54 bits per heavy atom. The first-order valence-electron chi connectivity index (χ1n) is 9.95. The Balaban J connectivity index is 1.47. The van der Waals surface area contributed by atoms with E-state index in [0.29, 0.717) is 13.1 Å². The highest BCUT2D eigenvalue weighted by Crippen LogP contribution is 2.31. The average Bonchev–Trinajstić information content (AvgIpc) is 3.08. The molecule has 0 spiro atoms. The number of amides is 3. The van der Waals surface area contributed by atoms with Gasteiger partial charge in [-0.1, -0.05) is 6.07 Å². The number of hydrogen-bond acceptors (Lipinski definition) is 3. The summed E-state index contributed by atoms with van der Waals surface area (Å²) in [4.78, 5) is 32.5. The molecule has 2 aliphatic rings. The van der Waals surface area contributed by atoms with Crippen molar-refractivity contribution >= 4 is 28.7 Å². The second kappa shape index (κ2) is 7.04. The van der Waals surface area contributed by atoms with Crippen molar-refractivity contribution in [3.05, 3.63) is 30.5 Å². The van der Waals surface area contributed by atoms with E-state index < -0.39 is 5.60 Å². The van der Waals surface area contributed by atoms with E-state index in [1.165, 1.54) is 0 Å². The molecule has 0 unspecified atom stereocenters. The van der Waals surface area contributed by atoms with Crippen LogP contribution in [0, 0.1) is 0 Å². The Labute approximate surface area is 165 Å². The third-order valence-corrected chi connectivity index (χ3v) is 5.45. The van der Waals surface area contributed by atoms with E-state index in [0.717, 1.165) is 35.9 Å². The summed E-state index contributed by atoms with van der Waals surface area (Å²) in [5, 5.41) is 4.03. The van der Waals surface area contributed by atoms with E-state index in [2.05, 4.69) is 10.3 Å². The second-order valence-electron chi connectivity index (χ2n) is 8.71. The molecule has 7 heteroatoms. The molecule has 1 aromatic heterocycles. The monoisotopic (exact) mass is 384 g/mol. The Bertz CT molecular complexity index is 871. The Hall–Kier alpha value is -2.70. The highest BCUT2D eigenvalue weighted by molar-refractivity contribution is 6.00. The molecule has 7 nitrogen and oxygen atoms in total. The van der Waals surface area contributed by atoms with Gasteiger partial charge in [-0.2, -0.15) is 0 Å². The van der Waals surface area contributed by atoms with Gasteiger partial charge in [-0.05, 0) is 58.2 Å². The van der Waals surface area contributed by atoms with Crippen molar-refractivity contribution in [3.63, 3.8) is 0 Å². The summed E-state index contributed by atoms with van der Waals surface area (Å²) in [6.45, 7) is 6.71. The molecule has 2 bridgehead atoms. The average molecular weight is 384 g/mol. The van der Waals surface area contributed by atoms with Crippen molar-refractivity contribution in [1.82, 2.24) is 14.8 Å². The van der Waals surface area contributed by atoms with Gasteiger partial charge >= 0.3 is 12.1 Å². The first-order chi connectivity index (χ1) is 13.3. The SMILES string of the molecule is CC(C)(C)OC(=O)N1[C@H]2CCC[C@H]1CN(C(=O)Nc1cccc3[nH]ccc13)C2. The number of urea groups is 1. The molecule has 1 aromatic carbocycles. The smallest absolute Gasteiger partial charge is 0.410 e. The number of carbonyl (C=O) groups is 2. The maximum atomic E-state index is 12.9. The lowest BCUT2D eigenvalue weighted by atomic mass is 9.92. The van der Waals surface area contributed by atoms with Gasteiger partial charge in [0.15, 0.2) is 0 Å². The lowest BCUT2D eigenvalue weighted by Crippen LogP contribution is -2.64. The van der Waals surface area contributed by atoms with Crippen LogP contribution in [0.15, 0.2) is 30.5 Å². The van der Waals surface area contributed by atoms with Gasteiger partial charge < -0.3 is 19.9 Å². The van der Waals surface area contributed by atoms with Crippen molar-refractivity contribution < 1.29 is 14.3 Å². The fourth-order valence-electron chi connectivity index (χ4n) is 4.27. The van der Waals surface area contributed by atoms with E-state index >= 15 is 0 Å². The minimum Gasteiger partial charge on any atom is -0.444 e. The number of H-pyrrole nitrogens is 1. The first kappa shape index (κ1) is 18.7. The van der Waals surface area contributed by atoms with E-state index in [1.807, 2.05) is 61.0 Å². The number of hydrogen-bond donors (Lipinski definition) is 2. The number of ether oxygens (including phenoxy) is 1. The van der Waals surface area contributed by atoms with Gasteiger partial charge in [0.05, 0.1) is 17.8 Å². The third kappa shape index (κ3) is 3.66. The molecular weight excluding hydrogens is 356 g/mol. The van der Waals surface area contributed by atoms with Gasteiger partial charge in [0.25, 0.3) is 0 Å². The number of benzene rings is 1. The van der Waals surface area contributed by atoms with Crippen molar-refractivity contribution in [1.29, 1.82) is 0 Å². The number of anilines is 1. The zero-order valence-electron chi connectivity index (χ0n) is 16.7. The van der Waals surface area contributed by atoms with E-state index in [-0.39, 0.29) is 24.2 Å². The second-order valence-corrected chi connectivity index (χ2v) is 8.71. The van der Waals surface area contributed by atoms with Crippen molar-refractivity contribution in [3.8, 4) is 0 Å². The summed E-state index contributed by atoms with van der Waals surface area (Å²) in [6.07, 6.45) is 4.47. The van der Waals surface area contributed by atoms with E-state index in [9.17, 15) is 9.59 Å². The topological polar surface area (TPSA) is 77.7 Å². The molecule has 0 radical (unpaired) electrons. The van der Waals surface area contributed by atoms with Gasteiger partial charge in [0.1, 0.15) is 5.60 Å². The number of aromatic nitrogens is 1. The summed E-state index contributed by atoms with van der Waals surface area (Å²) < 4.78 is 5.61. The number of likely N-dealkylation sites (tertiary alicyclic amines) is 1. The van der Waals surface area contributed by atoms with Crippen LogP contribution in [0.3, 0.4) is 0 Å². The van der Waals surface area contributed by atoms with Crippen LogP contribution in [0.4, 0.5) is 15.3 Å². The lowest BCUT2D eigenvalue weighted by Gasteiger charge is -2.49. The quantitative estimate of drug-likeness (QED) is 0.774. The molecular formula is C21H28N4O3. The predicted molar refractivity (Wildman–Crippen MR) is 108 cm³/mol. The summed E-state index contributed by atoms with van der Waals surface area (Å²) in [5.41, 5.74) is 1.27. The maximum Gasteiger partial charge on any atom is 0.410 e. The third-order valence-electron chi connectivity index (χ3n) is 5.45. The minimum absolute atomic E-state index is 0.0103. The number of rotatable bonds is 1. The molecule has 2 atom stereocenters. The van der Waals surface area contributed by atoms with E-state index in [4.69, 9.17) is 4.74 Å². The van der Waals surface area contributed by atoms with Gasteiger partial charge in [0, 0.05) is 30.2 Å². The number of fused-ring (bicyclic) bond motifs is 3. The Kier molecular flexibility index (Phi) is 4.69. The van der Waals surface area contributed by atoms with Crippen LogP contribution < -0.4 is 5.32 Å². The van der Waals surface area contributed by atoms with Gasteiger partial charge in [-0.25, -0.2) is 9.59 Å². The molecule has 2 aromatic rings. The van der Waals surface area contributed by atoms with Crippen molar-refractivity contribution in [2.24, 2.45) is 0 Å². The number of nitrogens with zero attached hydrogens (tertiary/aromatic N) is 2. The highest BCUT2D eigenvalue weighted by Gasteiger charge is 2.43. The molecule has 4 rings (SSSR count). The molecule has 2 N–H and O–H groups in total. The summed E-state index contributed by atoms with van der Waals surface area (Å²) >= 11 is 0. The predicted octanol–water partition coefficient (Wildman–Crippen LogP) is 4.17. The van der Waals surface area contributed by atoms with Crippen LogP contribution in [0.25, 0.3) is 10.9 Å². The van der Waals surface area contributed by atoms with Gasteiger partial charge in [0.2, 0.25) is 0 Å². The fourth-order valence-corrected chi connectivity index (χ4v) is 4.27. The number of nitrogens with one attached hydrogen (secondary N) is 2. The van der Waals surface area contributed by atoms with Crippen molar-refractivity contribution in [2.45, 2.75) is 57.7 Å². The molecule has 2 fully saturated rings. The zero-order chi connectivity index (χ0) is 19.9. The Morgan fingerprint density at radius 1 is 1.14 bits per heavy atom. The van der Waals surface area contributed by atoms with Crippen LogP contribution in [0.2, 0.25) is 0 Å². The molecule has 28 heavy (non-hydrogen) atoms. The molecule has 150 valence electrons. The minimum atomic E-state index is -0.519. The number of piperidine rings is 1. The van der Waals surface area contributed by atoms with Crippen LogP contribution in [-0.2, 0) is 4.74 Å². The van der Waals surface area contributed by atoms with Gasteiger partial charge in [-0.3, -0.25) is 4.90 Å². The summed E-state index contributed by atoms with van der Waals surface area (Å²) in [6, 6.07) is 7.67. The molecule has 2 aliphatic heterocycles.